The van der Waals surface area contributed by atoms with E-state index in [0.29, 0.717) is 22.7 Å². The standard InChI is InChI=1S/C14H17N3O3/c1-9-11(8-15-17(9)2)14(18)16-10-5-6-12(19-3)13(7-10)20-4/h5-8H,1-4H3,(H,16,18). The number of ether oxygens (including phenoxy) is 2. The highest BCUT2D eigenvalue weighted by molar-refractivity contribution is 6.05. The summed E-state index contributed by atoms with van der Waals surface area (Å²) in [5, 5.41) is 6.86. The van der Waals surface area contributed by atoms with Gasteiger partial charge in [0.25, 0.3) is 5.91 Å². The molecule has 0 atom stereocenters. The van der Waals surface area contributed by atoms with Crippen molar-refractivity contribution >= 4 is 11.6 Å². The minimum absolute atomic E-state index is 0.206. The minimum Gasteiger partial charge on any atom is -0.493 e. The summed E-state index contributed by atoms with van der Waals surface area (Å²) in [7, 11) is 4.91. The largest absolute Gasteiger partial charge is 0.493 e. The first-order chi connectivity index (χ1) is 9.56. The Balaban J connectivity index is 2.22. The molecule has 0 aliphatic heterocycles. The zero-order chi connectivity index (χ0) is 14.7. The molecule has 0 aliphatic carbocycles. The number of hydrogen-bond acceptors (Lipinski definition) is 4. The summed E-state index contributed by atoms with van der Waals surface area (Å²) in [6.07, 6.45) is 1.55. The summed E-state index contributed by atoms with van der Waals surface area (Å²) >= 11 is 0. The lowest BCUT2D eigenvalue weighted by molar-refractivity contribution is 0.102. The van der Waals surface area contributed by atoms with Crippen molar-refractivity contribution in [1.29, 1.82) is 0 Å². The second-order valence-electron chi connectivity index (χ2n) is 4.29. The van der Waals surface area contributed by atoms with Gasteiger partial charge < -0.3 is 14.8 Å². The Morgan fingerprint density at radius 1 is 1.25 bits per heavy atom. The number of aromatic nitrogens is 2. The van der Waals surface area contributed by atoms with E-state index in [-0.39, 0.29) is 5.91 Å². The van der Waals surface area contributed by atoms with Crippen molar-refractivity contribution in [2.45, 2.75) is 6.92 Å². The van der Waals surface area contributed by atoms with Crippen LogP contribution in [0, 0.1) is 6.92 Å². The molecule has 20 heavy (non-hydrogen) atoms. The van der Waals surface area contributed by atoms with Crippen LogP contribution < -0.4 is 14.8 Å². The van der Waals surface area contributed by atoms with Crippen LogP contribution in [0.1, 0.15) is 16.1 Å². The summed E-state index contributed by atoms with van der Waals surface area (Å²) in [5.74, 6) is 0.971. The highest BCUT2D eigenvalue weighted by atomic mass is 16.5. The van der Waals surface area contributed by atoms with E-state index in [1.165, 1.54) is 0 Å². The lowest BCUT2D eigenvalue weighted by Crippen LogP contribution is -2.13. The molecule has 106 valence electrons. The summed E-state index contributed by atoms with van der Waals surface area (Å²) in [4.78, 5) is 12.2. The van der Waals surface area contributed by atoms with Crippen LogP contribution in [0.3, 0.4) is 0 Å². The van der Waals surface area contributed by atoms with E-state index in [0.717, 1.165) is 5.69 Å². The number of carbonyl (C=O) groups excluding carboxylic acids is 1. The average Bonchev–Trinajstić information content (AvgIpc) is 2.79. The number of nitrogens with zero attached hydrogens (tertiary/aromatic N) is 2. The molecule has 2 aromatic rings. The third-order valence-corrected chi connectivity index (χ3v) is 3.12. The van der Waals surface area contributed by atoms with E-state index in [1.807, 2.05) is 6.92 Å². The summed E-state index contributed by atoms with van der Waals surface area (Å²) in [6, 6.07) is 5.21. The van der Waals surface area contributed by atoms with Crippen LogP contribution >= 0.6 is 0 Å². The van der Waals surface area contributed by atoms with Crippen molar-refractivity contribution in [3.8, 4) is 11.5 Å². The van der Waals surface area contributed by atoms with Gasteiger partial charge in [-0.2, -0.15) is 5.10 Å². The van der Waals surface area contributed by atoms with Gasteiger partial charge in [-0.05, 0) is 19.1 Å². The summed E-state index contributed by atoms with van der Waals surface area (Å²) in [5.41, 5.74) is 1.99. The van der Waals surface area contributed by atoms with Crippen LogP contribution in [-0.4, -0.2) is 29.9 Å². The molecule has 1 heterocycles. The highest BCUT2D eigenvalue weighted by Crippen LogP contribution is 2.29. The van der Waals surface area contributed by atoms with Crippen LogP contribution in [0.2, 0.25) is 0 Å². The molecule has 1 amide bonds. The topological polar surface area (TPSA) is 65.4 Å². The van der Waals surface area contributed by atoms with Gasteiger partial charge in [0.1, 0.15) is 0 Å². The maximum absolute atomic E-state index is 12.2. The smallest absolute Gasteiger partial charge is 0.259 e. The van der Waals surface area contributed by atoms with Crippen molar-refractivity contribution in [3.05, 3.63) is 35.7 Å². The monoisotopic (exact) mass is 275 g/mol. The van der Waals surface area contributed by atoms with Gasteiger partial charge in [-0.1, -0.05) is 0 Å². The maximum atomic E-state index is 12.2. The maximum Gasteiger partial charge on any atom is 0.259 e. The van der Waals surface area contributed by atoms with E-state index in [1.54, 1.807) is 50.3 Å². The first kappa shape index (κ1) is 13.9. The molecule has 0 aliphatic rings. The van der Waals surface area contributed by atoms with Gasteiger partial charge in [0.05, 0.1) is 26.0 Å². The molecule has 2 rings (SSSR count). The van der Waals surface area contributed by atoms with Gasteiger partial charge in [0, 0.05) is 24.5 Å². The number of methoxy groups -OCH3 is 2. The molecule has 1 aromatic carbocycles. The van der Waals surface area contributed by atoms with Gasteiger partial charge in [0.15, 0.2) is 11.5 Å². The molecule has 0 spiro atoms. The first-order valence-electron chi connectivity index (χ1n) is 6.08. The number of hydrogen-bond donors (Lipinski definition) is 1. The van der Waals surface area contributed by atoms with Crippen molar-refractivity contribution in [2.75, 3.05) is 19.5 Å². The lowest BCUT2D eigenvalue weighted by Gasteiger charge is -2.10. The van der Waals surface area contributed by atoms with Crippen LogP contribution in [0.4, 0.5) is 5.69 Å². The van der Waals surface area contributed by atoms with Crippen molar-refractivity contribution in [3.63, 3.8) is 0 Å². The number of anilines is 1. The number of nitrogens with one attached hydrogen (secondary N) is 1. The molecular formula is C14H17N3O3. The Bertz CT molecular complexity index is 635. The Kier molecular flexibility index (Phi) is 3.93. The second-order valence-corrected chi connectivity index (χ2v) is 4.29. The van der Waals surface area contributed by atoms with Gasteiger partial charge in [-0.25, -0.2) is 0 Å². The molecule has 0 saturated carbocycles. The van der Waals surface area contributed by atoms with Crippen LogP contribution in [0.5, 0.6) is 11.5 Å². The van der Waals surface area contributed by atoms with E-state index in [4.69, 9.17) is 9.47 Å². The van der Waals surface area contributed by atoms with Crippen LogP contribution in [0.25, 0.3) is 0 Å². The number of amides is 1. The second kappa shape index (κ2) is 5.64. The molecule has 0 fully saturated rings. The zero-order valence-corrected chi connectivity index (χ0v) is 11.9. The van der Waals surface area contributed by atoms with E-state index < -0.39 is 0 Å². The average molecular weight is 275 g/mol. The summed E-state index contributed by atoms with van der Waals surface area (Å²) < 4.78 is 12.0. The Hall–Kier alpha value is -2.50. The van der Waals surface area contributed by atoms with Gasteiger partial charge in [-0.15, -0.1) is 0 Å². The van der Waals surface area contributed by atoms with Crippen LogP contribution in [-0.2, 0) is 7.05 Å². The third kappa shape index (κ3) is 2.59. The number of aryl methyl sites for hydroxylation is 1. The fourth-order valence-corrected chi connectivity index (χ4v) is 1.83. The molecule has 0 saturated heterocycles. The number of rotatable bonds is 4. The third-order valence-electron chi connectivity index (χ3n) is 3.12. The Morgan fingerprint density at radius 3 is 2.50 bits per heavy atom. The Morgan fingerprint density at radius 2 is 1.95 bits per heavy atom. The van der Waals surface area contributed by atoms with E-state index in [9.17, 15) is 4.79 Å². The molecule has 0 radical (unpaired) electrons. The summed E-state index contributed by atoms with van der Waals surface area (Å²) in [6.45, 7) is 1.84. The predicted molar refractivity (Wildman–Crippen MR) is 75.4 cm³/mol. The number of carbonyl (C=O) groups is 1. The predicted octanol–water partition coefficient (Wildman–Crippen LogP) is 2.00. The number of benzene rings is 1. The first-order valence-corrected chi connectivity index (χ1v) is 6.08. The normalized spacial score (nSPS) is 10.2. The fraction of sp³-hybridized carbons (Fsp3) is 0.286. The van der Waals surface area contributed by atoms with Crippen molar-refractivity contribution < 1.29 is 14.3 Å². The van der Waals surface area contributed by atoms with E-state index >= 15 is 0 Å². The Labute approximate surface area is 117 Å². The molecule has 0 unspecified atom stereocenters. The van der Waals surface area contributed by atoms with Crippen molar-refractivity contribution in [1.82, 2.24) is 9.78 Å². The van der Waals surface area contributed by atoms with E-state index in [2.05, 4.69) is 10.4 Å². The highest BCUT2D eigenvalue weighted by Gasteiger charge is 2.14. The molecule has 6 nitrogen and oxygen atoms in total. The van der Waals surface area contributed by atoms with Gasteiger partial charge in [-0.3, -0.25) is 9.48 Å². The van der Waals surface area contributed by atoms with Crippen LogP contribution in [0.15, 0.2) is 24.4 Å². The lowest BCUT2D eigenvalue weighted by atomic mass is 10.2. The molecular weight excluding hydrogens is 258 g/mol. The fourth-order valence-electron chi connectivity index (χ4n) is 1.83. The SMILES string of the molecule is COc1ccc(NC(=O)c2cnn(C)c2C)cc1OC. The molecule has 1 aromatic heterocycles. The quantitative estimate of drug-likeness (QED) is 0.926. The molecule has 6 heteroatoms. The van der Waals surface area contributed by atoms with Gasteiger partial charge in [0.2, 0.25) is 0 Å². The zero-order valence-electron chi connectivity index (χ0n) is 11.9. The van der Waals surface area contributed by atoms with Crippen molar-refractivity contribution in [2.24, 2.45) is 7.05 Å². The van der Waals surface area contributed by atoms with Gasteiger partial charge >= 0.3 is 0 Å². The molecule has 1 N–H and O–H groups in total. The molecule has 0 bridgehead atoms. The minimum atomic E-state index is -0.206.